The van der Waals surface area contributed by atoms with Crippen LogP contribution < -0.4 is 0 Å². The zero-order valence-electron chi connectivity index (χ0n) is 27.7. The summed E-state index contributed by atoms with van der Waals surface area (Å²) in [6.45, 7) is 5.24. The molecule has 0 radical (unpaired) electrons. The zero-order valence-corrected chi connectivity index (χ0v) is 29.3. The minimum atomic E-state index is -3.85. The van der Waals surface area contributed by atoms with E-state index in [1.54, 1.807) is 33.8 Å². The molecule has 0 N–H and O–H groups in total. The average molecular weight is 701 g/mol. The lowest BCUT2D eigenvalue weighted by atomic mass is 10.2. The van der Waals surface area contributed by atoms with Crippen LogP contribution in [0.2, 0.25) is 0 Å². The highest BCUT2D eigenvalue weighted by atomic mass is 32.2. The number of nitrogens with zero attached hydrogens (tertiary/aromatic N) is 6. The predicted octanol–water partition coefficient (Wildman–Crippen LogP) is 4.57. The van der Waals surface area contributed by atoms with Crippen molar-refractivity contribution < 1.29 is 22.8 Å². The first-order chi connectivity index (χ1) is 23.6. The van der Waals surface area contributed by atoms with Crippen LogP contribution in [0.15, 0.2) is 88.7 Å². The molecule has 4 aromatic rings. The fourth-order valence-corrected chi connectivity index (χ4v) is 8.59. The van der Waals surface area contributed by atoms with Gasteiger partial charge in [0, 0.05) is 37.4 Å². The number of thioether (sulfide) groups is 1. The molecule has 0 bridgehead atoms. The van der Waals surface area contributed by atoms with Gasteiger partial charge in [0.1, 0.15) is 5.69 Å². The van der Waals surface area contributed by atoms with Crippen LogP contribution in [0, 0.1) is 13.8 Å². The lowest BCUT2D eigenvalue weighted by Gasteiger charge is -2.23. The van der Waals surface area contributed by atoms with Gasteiger partial charge < -0.3 is 4.90 Å². The molecule has 1 fully saturated rings. The molecule has 2 aliphatic rings. The van der Waals surface area contributed by atoms with Gasteiger partial charge in [0.15, 0.2) is 0 Å². The topological polar surface area (TPSA) is 126 Å². The number of hydrogen-bond acceptors (Lipinski definition) is 8. The summed E-state index contributed by atoms with van der Waals surface area (Å²) in [5.74, 6) is -0.595. The van der Waals surface area contributed by atoms with Gasteiger partial charge >= 0.3 is 0 Å². The van der Waals surface area contributed by atoms with Gasteiger partial charge in [-0.2, -0.15) is 4.31 Å². The number of rotatable bonds is 10. The highest BCUT2D eigenvalue weighted by Gasteiger charge is 2.39. The number of hydrogen-bond donors (Lipinski definition) is 0. The molecule has 3 heterocycles. The highest BCUT2D eigenvalue weighted by molar-refractivity contribution is 8.00. The van der Waals surface area contributed by atoms with E-state index in [0.29, 0.717) is 37.3 Å². The van der Waals surface area contributed by atoms with Gasteiger partial charge in [-0.1, -0.05) is 70.9 Å². The second kappa shape index (κ2) is 15.1. The Balaban J connectivity index is 1.15. The van der Waals surface area contributed by atoms with Crippen LogP contribution in [-0.4, -0.2) is 80.1 Å². The largest absolute Gasteiger partial charge is 0.337 e. The molecule has 0 spiro atoms. The molecule has 11 nitrogen and oxygen atoms in total. The van der Waals surface area contributed by atoms with Crippen molar-refractivity contribution in [3.8, 4) is 0 Å². The Morgan fingerprint density at radius 1 is 0.898 bits per heavy atom. The van der Waals surface area contributed by atoms with Crippen molar-refractivity contribution >= 4 is 39.5 Å². The number of likely N-dealkylation sites (tertiary alicyclic amines) is 1. The van der Waals surface area contributed by atoms with Crippen molar-refractivity contribution in [2.75, 3.05) is 19.6 Å². The van der Waals surface area contributed by atoms with Crippen molar-refractivity contribution in [2.45, 2.75) is 74.2 Å². The Kier molecular flexibility index (Phi) is 10.6. The fraction of sp³-hybridized carbons (Fsp3) is 0.361. The third-order valence-corrected chi connectivity index (χ3v) is 11.9. The Bertz CT molecular complexity index is 1910. The van der Waals surface area contributed by atoms with Gasteiger partial charge in [-0.3, -0.25) is 19.3 Å². The number of amides is 3. The quantitative estimate of drug-likeness (QED) is 0.221. The summed E-state index contributed by atoms with van der Waals surface area (Å²) in [5.41, 5.74) is 4.24. The molecule has 6 rings (SSSR count). The molecule has 0 aliphatic carbocycles. The van der Waals surface area contributed by atoms with Crippen molar-refractivity contribution in [3.63, 3.8) is 0 Å². The molecule has 1 unspecified atom stereocenters. The first-order valence-electron chi connectivity index (χ1n) is 16.5. The molecule has 0 saturated carbocycles. The Labute approximate surface area is 291 Å². The van der Waals surface area contributed by atoms with E-state index in [2.05, 4.69) is 10.3 Å². The van der Waals surface area contributed by atoms with E-state index in [4.69, 9.17) is 0 Å². The standard InChI is InChI=1S/C36H40N6O5S2/c1-26-11-15-29(16-12-26)48-33-22-35(44)41(36(33)45)21-6-10-34(43)39-19-7-20-40(49(46,47)30-17-13-27(2)14-18-30)25-32-31(24-39)37-38-42(32)23-28-8-4-3-5-9-28/h3-5,8-9,11-18,33H,6-7,10,19-25H2,1-2H3. The van der Waals surface area contributed by atoms with Crippen molar-refractivity contribution in [3.05, 3.63) is 107 Å². The maximum atomic E-state index is 13.9. The molecule has 2 aliphatic heterocycles. The predicted molar refractivity (Wildman–Crippen MR) is 186 cm³/mol. The van der Waals surface area contributed by atoms with Crippen molar-refractivity contribution in [1.82, 2.24) is 29.1 Å². The number of imide groups is 1. The van der Waals surface area contributed by atoms with E-state index in [9.17, 15) is 22.8 Å². The van der Waals surface area contributed by atoms with Gasteiger partial charge in [-0.05, 0) is 56.5 Å². The van der Waals surface area contributed by atoms with Crippen LogP contribution in [0.5, 0.6) is 0 Å². The number of benzene rings is 3. The summed E-state index contributed by atoms with van der Waals surface area (Å²) in [7, 11) is -3.85. The third kappa shape index (κ3) is 8.11. The summed E-state index contributed by atoms with van der Waals surface area (Å²) in [6, 6.07) is 24.4. The molecular weight excluding hydrogens is 661 g/mol. The zero-order chi connectivity index (χ0) is 34.5. The Morgan fingerprint density at radius 3 is 2.31 bits per heavy atom. The molecule has 3 amide bonds. The van der Waals surface area contributed by atoms with E-state index >= 15 is 0 Å². The van der Waals surface area contributed by atoms with E-state index in [-0.39, 0.29) is 61.6 Å². The normalized spacial score (nSPS) is 17.5. The van der Waals surface area contributed by atoms with Gasteiger partial charge in [0.2, 0.25) is 27.7 Å². The lowest BCUT2D eigenvalue weighted by Crippen LogP contribution is -2.36. The van der Waals surface area contributed by atoms with Crippen LogP contribution >= 0.6 is 11.8 Å². The van der Waals surface area contributed by atoms with E-state index in [0.717, 1.165) is 21.6 Å². The summed E-state index contributed by atoms with van der Waals surface area (Å²) < 4.78 is 30.9. The van der Waals surface area contributed by atoms with Crippen molar-refractivity contribution in [1.29, 1.82) is 0 Å². The van der Waals surface area contributed by atoms with E-state index < -0.39 is 15.3 Å². The highest BCUT2D eigenvalue weighted by Crippen LogP contribution is 2.32. The third-order valence-electron chi connectivity index (χ3n) is 8.88. The van der Waals surface area contributed by atoms with E-state index in [1.807, 2.05) is 68.4 Å². The second-order valence-corrected chi connectivity index (χ2v) is 15.8. The summed E-state index contributed by atoms with van der Waals surface area (Å²) in [4.78, 5) is 43.6. The summed E-state index contributed by atoms with van der Waals surface area (Å²) >= 11 is 1.39. The molecular formula is C36H40N6O5S2. The van der Waals surface area contributed by atoms with Crippen LogP contribution in [0.3, 0.4) is 0 Å². The van der Waals surface area contributed by atoms with E-state index in [1.165, 1.54) is 21.0 Å². The van der Waals surface area contributed by atoms with Crippen LogP contribution in [-0.2, 0) is 44.0 Å². The van der Waals surface area contributed by atoms with Crippen molar-refractivity contribution in [2.24, 2.45) is 0 Å². The van der Waals surface area contributed by atoms with Crippen LogP contribution in [0.1, 0.15) is 53.8 Å². The van der Waals surface area contributed by atoms with Crippen LogP contribution in [0.4, 0.5) is 0 Å². The second-order valence-electron chi connectivity index (χ2n) is 12.6. The maximum absolute atomic E-state index is 13.9. The molecule has 3 aromatic carbocycles. The number of aromatic nitrogens is 3. The average Bonchev–Trinajstić information content (AvgIpc) is 3.61. The Hall–Kier alpha value is -4.33. The summed E-state index contributed by atoms with van der Waals surface area (Å²) in [5, 5.41) is 8.36. The van der Waals surface area contributed by atoms with Crippen LogP contribution in [0.25, 0.3) is 0 Å². The molecule has 13 heteroatoms. The minimum absolute atomic E-state index is 0.0638. The Morgan fingerprint density at radius 2 is 1.59 bits per heavy atom. The maximum Gasteiger partial charge on any atom is 0.243 e. The van der Waals surface area contributed by atoms with Gasteiger partial charge in [-0.25, -0.2) is 13.1 Å². The molecule has 1 atom stereocenters. The summed E-state index contributed by atoms with van der Waals surface area (Å²) in [6.07, 6.45) is 1.02. The van der Waals surface area contributed by atoms with Gasteiger partial charge in [0.25, 0.3) is 0 Å². The molecule has 256 valence electrons. The fourth-order valence-electron chi connectivity index (χ4n) is 6.08. The van der Waals surface area contributed by atoms with Gasteiger partial charge in [-0.15, -0.1) is 16.9 Å². The molecule has 49 heavy (non-hydrogen) atoms. The number of fused-ring (bicyclic) bond motifs is 1. The lowest BCUT2D eigenvalue weighted by molar-refractivity contribution is -0.139. The monoisotopic (exact) mass is 700 g/mol. The molecule has 1 saturated heterocycles. The van der Waals surface area contributed by atoms with Gasteiger partial charge in [0.05, 0.1) is 35.5 Å². The minimum Gasteiger partial charge on any atom is -0.337 e. The first kappa shape index (κ1) is 34.5. The SMILES string of the molecule is Cc1ccc(SC2CC(=O)N(CCCC(=O)N3CCCN(S(=O)(=O)c4ccc(C)cc4)Cc4c(nnn4Cc4ccccc4)C3)C2=O)cc1. The number of carbonyl (C=O) groups is 3. The molecule has 1 aromatic heterocycles. The number of carbonyl (C=O) groups excluding carboxylic acids is 3. The number of aryl methyl sites for hydroxylation is 2. The first-order valence-corrected chi connectivity index (χ1v) is 18.8. The smallest absolute Gasteiger partial charge is 0.243 e. The number of sulfonamides is 1.